The first-order valence-electron chi connectivity index (χ1n) is 10.8. The maximum atomic E-state index is 13.2. The summed E-state index contributed by atoms with van der Waals surface area (Å²) in [4.78, 5) is 13.3. The van der Waals surface area contributed by atoms with Gasteiger partial charge >= 0.3 is 0 Å². The lowest BCUT2D eigenvalue weighted by molar-refractivity contribution is -0.120. The van der Waals surface area contributed by atoms with Crippen molar-refractivity contribution >= 4 is 31.6 Å². The van der Waals surface area contributed by atoms with Crippen molar-refractivity contribution in [3.05, 3.63) is 59.7 Å². The number of carbonyl (C=O) groups excluding carboxylic acids is 1. The quantitative estimate of drug-likeness (QED) is 0.651. The van der Waals surface area contributed by atoms with E-state index >= 15 is 0 Å². The molecule has 0 spiro atoms. The summed E-state index contributed by atoms with van der Waals surface area (Å²) in [5.41, 5.74) is 2.09. The first-order chi connectivity index (χ1) is 15.7. The average Bonchev–Trinajstić information content (AvgIpc) is 2.84. The Bertz CT molecular complexity index is 1240. The Morgan fingerprint density at radius 2 is 1.73 bits per heavy atom. The topological polar surface area (TPSA) is 113 Å². The number of fused-ring (bicyclic) bond motifs is 1. The molecule has 0 saturated carbocycles. The molecule has 33 heavy (non-hydrogen) atoms. The molecule has 0 aliphatic carbocycles. The van der Waals surface area contributed by atoms with E-state index in [2.05, 4.69) is 5.32 Å². The lowest BCUT2D eigenvalue weighted by Crippen LogP contribution is -2.51. The molecule has 2 heterocycles. The molecule has 2 aromatic rings. The third kappa shape index (κ3) is 4.97. The molecule has 1 N–H and O–H groups in total. The maximum absolute atomic E-state index is 13.2. The van der Waals surface area contributed by atoms with Crippen molar-refractivity contribution in [2.45, 2.75) is 30.8 Å². The van der Waals surface area contributed by atoms with E-state index < -0.39 is 32.0 Å². The van der Waals surface area contributed by atoms with Gasteiger partial charge in [-0.2, -0.15) is 8.61 Å². The van der Waals surface area contributed by atoms with Crippen LogP contribution in [0.3, 0.4) is 0 Å². The highest BCUT2D eigenvalue weighted by Crippen LogP contribution is 2.27. The molecule has 2 aliphatic rings. The van der Waals surface area contributed by atoms with Gasteiger partial charge in [-0.25, -0.2) is 16.8 Å². The third-order valence-electron chi connectivity index (χ3n) is 5.94. The predicted molar refractivity (Wildman–Crippen MR) is 124 cm³/mol. The molecule has 1 atom stereocenters. The summed E-state index contributed by atoms with van der Waals surface area (Å²) >= 11 is 0. The van der Waals surface area contributed by atoms with Crippen molar-refractivity contribution in [3.8, 4) is 0 Å². The molecule has 0 bridgehead atoms. The van der Waals surface area contributed by atoms with Gasteiger partial charge in [-0.05, 0) is 42.7 Å². The zero-order chi connectivity index (χ0) is 23.6. The number of anilines is 1. The minimum Gasteiger partial charge on any atom is -0.379 e. The molecule has 1 fully saturated rings. The Morgan fingerprint density at radius 1 is 1.03 bits per heavy atom. The number of benzene rings is 2. The lowest BCUT2D eigenvalue weighted by atomic mass is 9.95. The van der Waals surface area contributed by atoms with E-state index in [0.717, 1.165) is 11.1 Å². The van der Waals surface area contributed by atoms with Crippen molar-refractivity contribution in [3.63, 3.8) is 0 Å². The SMILES string of the molecule is CCS(=O)(=O)N1Cc2ccccc2C[C@H]1C(=O)Nc1cccc(S(=O)(=O)N2CCOCC2)c1. The predicted octanol–water partition coefficient (Wildman–Crippen LogP) is 1.42. The van der Waals surface area contributed by atoms with Crippen LogP contribution in [-0.4, -0.2) is 69.5 Å². The van der Waals surface area contributed by atoms with Crippen LogP contribution in [0.1, 0.15) is 18.1 Å². The van der Waals surface area contributed by atoms with Gasteiger partial charge in [0.05, 0.1) is 23.9 Å². The summed E-state index contributed by atoms with van der Waals surface area (Å²) in [5.74, 6) is -0.617. The molecular formula is C22H27N3O6S2. The van der Waals surface area contributed by atoms with Crippen LogP contribution in [0, 0.1) is 0 Å². The fraction of sp³-hybridized carbons (Fsp3) is 0.409. The molecular weight excluding hydrogens is 466 g/mol. The van der Waals surface area contributed by atoms with Crippen molar-refractivity contribution in [1.29, 1.82) is 0 Å². The number of sulfonamides is 2. The van der Waals surface area contributed by atoms with Crippen LogP contribution in [0.4, 0.5) is 5.69 Å². The number of rotatable bonds is 6. The van der Waals surface area contributed by atoms with Gasteiger partial charge in [0.15, 0.2) is 0 Å². The van der Waals surface area contributed by atoms with E-state index in [1.165, 1.54) is 20.7 Å². The highest BCUT2D eigenvalue weighted by atomic mass is 32.2. The van der Waals surface area contributed by atoms with E-state index in [-0.39, 0.29) is 36.7 Å². The smallest absolute Gasteiger partial charge is 0.243 e. The summed E-state index contributed by atoms with van der Waals surface area (Å²) < 4.78 is 59.2. The average molecular weight is 494 g/mol. The van der Waals surface area contributed by atoms with Gasteiger partial charge in [0.1, 0.15) is 6.04 Å². The van der Waals surface area contributed by atoms with Gasteiger partial charge in [0.25, 0.3) is 0 Å². The van der Waals surface area contributed by atoms with Gasteiger partial charge in [-0.15, -0.1) is 0 Å². The maximum Gasteiger partial charge on any atom is 0.243 e. The summed E-state index contributed by atoms with van der Waals surface area (Å²) in [6, 6.07) is 12.6. The van der Waals surface area contributed by atoms with Crippen molar-refractivity contribution in [1.82, 2.24) is 8.61 Å². The normalized spacial score (nSPS) is 20.2. The molecule has 2 aromatic carbocycles. The molecule has 178 valence electrons. The second kappa shape index (κ2) is 9.51. The number of morpholine rings is 1. The molecule has 1 amide bonds. The van der Waals surface area contributed by atoms with E-state index in [0.29, 0.717) is 18.9 Å². The van der Waals surface area contributed by atoms with E-state index in [1.54, 1.807) is 19.1 Å². The summed E-state index contributed by atoms with van der Waals surface area (Å²) in [6.45, 7) is 2.87. The number of nitrogens with one attached hydrogen (secondary N) is 1. The van der Waals surface area contributed by atoms with Crippen LogP contribution >= 0.6 is 0 Å². The van der Waals surface area contributed by atoms with Crippen molar-refractivity contribution in [2.75, 3.05) is 37.4 Å². The number of hydrogen-bond acceptors (Lipinski definition) is 6. The van der Waals surface area contributed by atoms with Gasteiger partial charge in [-0.1, -0.05) is 30.3 Å². The fourth-order valence-corrected chi connectivity index (χ4v) is 6.76. The van der Waals surface area contributed by atoms with E-state index in [4.69, 9.17) is 4.74 Å². The summed E-state index contributed by atoms with van der Waals surface area (Å²) in [6.07, 6.45) is 0.243. The standard InChI is InChI=1S/C22H27N3O6S2/c1-2-32(27,28)25-16-18-7-4-3-6-17(18)14-21(25)22(26)23-19-8-5-9-20(15-19)33(29,30)24-10-12-31-13-11-24/h3-9,15,21H,2,10-14,16H2,1H3,(H,23,26)/t21-/m0/s1. The molecule has 0 radical (unpaired) electrons. The second-order valence-electron chi connectivity index (χ2n) is 7.97. The monoisotopic (exact) mass is 493 g/mol. The van der Waals surface area contributed by atoms with Crippen molar-refractivity contribution < 1.29 is 26.4 Å². The van der Waals surface area contributed by atoms with Crippen LogP contribution in [0.2, 0.25) is 0 Å². The Hall–Kier alpha value is -2.31. The Labute approximate surface area is 194 Å². The second-order valence-corrected chi connectivity index (χ2v) is 12.1. The van der Waals surface area contributed by atoms with Gasteiger partial charge < -0.3 is 10.1 Å². The molecule has 0 aromatic heterocycles. The highest BCUT2D eigenvalue weighted by Gasteiger charge is 2.38. The fourth-order valence-electron chi connectivity index (χ4n) is 4.08. The van der Waals surface area contributed by atoms with Crippen LogP contribution in [0.15, 0.2) is 53.4 Å². The summed E-state index contributed by atoms with van der Waals surface area (Å²) in [7, 11) is -7.37. The minimum absolute atomic E-state index is 0.0641. The number of carbonyl (C=O) groups is 1. The van der Waals surface area contributed by atoms with Gasteiger partial charge in [-0.3, -0.25) is 4.79 Å². The minimum atomic E-state index is -3.73. The van der Waals surface area contributed by atoms with Crippen LogP contribution in [0.5, 0.6) is 0 Å². The highest BCUT2D eigenvalue weighted by molar-refractivity contribution is 7.89. The zero-order valence-electron chi connectivity index (χ0n) is 18.3. The van der Waals surface area contributed by atoms with E-state index in [1.807, 2.05) is 24.3 Å². The lowest BCUT2D eigenvalue weighted by Gasteiger charge is -2.34. The largest absolute Gasteiger partial charge is 0.379 e. The van der Waals surface area contributed by atoms with Crippen LogP contribution in [0.25, 0.3) is 0 Å². The third-order valence-corrected chi connectivity index (χ3v) is 9.66. The van der Waals surface area contributed by atoms with Crippen LogP contribution in [-0.2, 0) is 42.5 Å². The Balaban J connectivity index is 1.59. The van der Waals surface area contributed by atoms with Crippen LogP contribution < -0.4 is 5.32 Å². The first-order valence-corrected chi connectivity index (χ1v) is 13.8. The molecule has 11 heteroatoms. The number of nitrogens with zero attached hydrogens (tertiary/aromatic N) is 2. The van der Waals surface area contributed by atoms with Gasteiger partial charge in [0, 0.05) is 25.3 Å². The zero-order valence-corrected chi connectivity index (χ0v) is 19.9. The first kappa shape index (κ1) is 23.8. The molecule has 2 aliphatic heterocycles. The molecule has 4 rings (SSSR count). The number of ether oxygens (including phenoxy) is 1. The molecule has 9 nitrogen and oxygen atoms in total. The Kier molecular flexibility index (Phi) is 6.87. The number of amides is 1. The Morgan fingerprint density at radius 3 is 2.42 bits per heavy atom. The molecule has 1 saturated heterocycles. The summed E-state index contributed by atoms with van der Waals surface area (Å²) in [5, 5.41) is 2.73. The molecule has 0 unspecified atom stereocenters. The number of hydrogen-bond donors (Lipinski definition) is 1. The van der Waals surface area contributed by atoms with E-state index in [9.17, 15) is 21.6 Å². The van der Waals surface area contributed by atoms with Gasteiger partial charge in [0.2, 0.25) is 26.0 Å². The van der Waals surface area contributed by atoms with Crippen molar-refractivity contribution in [2.24, 2.45) is 0 Å².